The molecular formula is C11H19N5O2S. The standard InChI is InChI=1S/C11H19N5O2S/c1-18-7-4-14-10(17)8-9(12)15-11(19-8)16-5-2-13-3-6-16/h13H,2-7,12H2,1H3,(H,14,17). The van der Waals surface area contributed by atoms with Crippen molar-refractivity contribution in [2.75, 3.05) is 57.1 Å². The molecule has 1 aromatic rings. The zero-order chi connectivity index (χ0) is 13.7. The lowest BCUT2D eigenvalue weighted by molar-refractivity contribution is 0.0942. The van der Waals surface area contributed by atoms with E-state index in [9.17, 15) is 4.79 Å². The number of rotatable bonds is 5. The van der Waals surface area contributed by atoms with Crippen molar-refractivity contribution in [2.24, 2.45) is 0 Å². The molecule has 1 aromatic heterocycles. The zero-order valence-corrected chi connectivity index (χ0v) is 11.8. The minimum Gasteiger partial charge on any atom is -0.383 e. The Labute approximate surface area is 116 Å². The average molecular weight is 285 g/mol. The van der Waals surface area contributed by atoms with Gasteiger partial charge in [0.05, 0.1) is 6.61 Å². The minimum absolute atomic E-state index is 0.187. The maximum atomic E-state index is 11.9. The average Bonchev–Trinajstić information content (AvgIpc) is 2.82. The van der Waals surface area contributed by atoms with Gasteiger partial charge in [0, 0.05) is 39.8 Å². The molecule has 0 bridgehead atoms. The summed E-state index contributed by atoms with van der Waals surface area (Å²) in [5.74, 6) is 0.113. The van der Waals surface area contributed by atoms with E-state index in [-0.39, 0.29) is 5.91 Å². The number of nitrogens with two attached hydrogens (primary N) is 1. The molecule has 8 heteroatoms. The van der Waals surface area contributed by atoms with Crippen LogP contribution in [-0.2, 0) is 4.74 Å². The van der Waals surface area contributed by atoms with Gasteiger partial charge in [-0.2, -0.15) is 0 Å². The summed E-state index contributed by atoms with van der Waals surface area (Å²) in [6, 6.07) is 0. The molecule has 1 saturated heterocycles. The van der Waals surface area contributed by atoms with E-state index < -0.39 is 0 Å². The van der Waals surface area contributed by atoms with E-state index in [4.69, 9.17) is 10.5 Å². The highest BCUT2D eigenvalue weighted by Gasteiger charge is 2.20. The van der Waals surface area contributed by atoms with Crippen molar-refractivity contribution in [2.45, 2.75) is 0 Å². The van der Waals surface area contributed by atoms with Gasteiger partial charge in [-0.25, -0.2) is 4.98 Å². The monoisotopic (exact) mass is 285 g/mol. The van der Waals surface area contributed by atoms with E-state index in [0.717, 1.165) is 31.3 Å². The first-order valence-corrected chi connectivity index (χ1v) is 7.03. The Kier molecular flexibility index (Phi) is 4.94. The minimum atomic E-state index is -0.187. The predicted molar refractivity (Wildman–Crippen MR) is 75.8 cm³/mol. The number of ether oxygens (including phenoxy) is 1. The van der Waals surface area contributed by atoms with Crippen LogP contribution >= 0.6 is 11.3 Å². The number of amides is 1. The maximum absolute atomic E-state index is 11.9. The number of anilines is 2. The van der Waals surface area contributed by atoms with E-state index in [0.29, 0.717) is 23.8 Å². The van der Waals surface area contributed by atoms with Crippen molar-refractivity contribution >= 4 is 28.2 Å². The number of aromatic nitrogens is 1. The Morgan fingerprint density at radius 3 is 3.00 bits per heavy atom. The van der Waals surface area contributed by atoms with Gasteiger partial charge in [0.2, 0.25) is 0 Å². The quantitative estimate of drug-likeness (QED) is 0.632. The van der Waals surface area contributed by atoms with Crippen molar-refractivity contribution in [1.29, 1.82) is 0 Å². The normalized spacial score (nSPS) is 15.5. The highest BCUT2D eigenvalue weighted by atomic mass is 32.1. The summed E-state index contributed by atoms with van der Waals surface area (Å²) in [4.78, 5) is 18.8. The molecule has 0 aliphatic carbocycles. The summed E-state index contributed by atoms with van der Waals surface area (Å²) in [5.41, 5.74) is 5.82. The number of piperazine rings is 1. The Bertz CT molecular complexity index is 431. The molecule has 106 valence electrons. The summed E-state index contributed by atoms with van der Waals surface area (Å²) >= 11 is 1.34. The van der Waals surface area contributed by atoms with Gasteiger partial charge in [0.25, 0.3) is 5.91 Å². The number of carbonyl (C=O) groups excluding carboxylic acids is 1. The first kappa shape index (κ1) is 14.0. The molecule has 4 N–H and O–H groups in total. The topological polar surface area (TPSA) is 92.5 Å². The van der Waals surface area contributed by atoms with Crippen LogP contribution in [0, 0.1) is 0 Å². The summed E-state index contributed by atoms with van der Waals surface area (Å²) in [7, 11) is 1.59. The molecule has 0 saturated carbocycles. The number of thiazole rings is 1. The molecule has 1 aliphatic rings. The second-order valence-corrected chi connectivity index (χ2v) is 5.17. The summed E-state index contributed by atoms with van der Waals surface area (Å²) < 4.78 is 4.89. The van der Waals surface area contributed by atoms with Crippen LogP contribution in [0.1, 0.15) is 9.67 Å². The fourth-order valence-electron chi connectivity index (χ4n) is 1.82. The van der Waals surface area contributed by atoms with E-state index in [2.05, 4.69) is 20.5 Å². The molecule has 1 fully saturated rings. The number of hydrogen-bond donors (Lipinski definition) is 3. The molecule has 0 radical (unpaired) electrons. The van der Waals surface area contributed by atoms with Crippen LogP contribution < -0.4 is 21.3 Å². The molecule has 1 amide bonds. The van der Waals surface area contributed by atoms with Crippen LogP contribution in [0.2, 0.25) is 0 Å². The molecular weight excluding hydrogens is 266 g/mol. The molecule has 1 aliphatic heterocycles. The number of hydrogen-bond acceptors (Lipinski definition) is 7. The molecule has 2 rings (SSSR count). The number of methoxy groups -OCH3 is 1. The Morgan fingerprint density at radius 2 is 2.32 bits per heavy atom. The number of nitrogens with zero attached hydrogens (tertiary/aromatic N) is 2. The highest BCUT2D eigenvalue weighted by Crippen LogP contribution is 2.28. The predicted octanol–water partition coefficient (Wildman–Crippen LogP) is -0.489. The molecule has 19 heavy (non-hydrogen) atoms. The summed E-state index contributed by atoms with van der Waals surface area (Å²) in [6.07, 6.45) is 0. The fraction of sp³-hybridized carbons (Fsp3) is 0.636. The van der Waals surface area contributed by atoms with Crippen molar-refractivity contribution in [1.82, 2.24) is 15.6 Å². The van der Waals surface area contributed by atoms with Gasteiger partial charge >= 0.3 is 0 Å². The third-order valence-corrected chi connectivity index (χ3v) is 3.96. The molecule has 0 spiro atoms. The van der Waals surface area contributed by atoms with E-state index in [1.807, 2.05) is 0 Å². The lowest BCUT2D eigenvalue weighted by Gasteiger charge is -2.26. The first-order chi connectivity index (χ1) is 9.22. The number of carbonyl (C=O) groups is 1. The van der Waals surface area contributed by atoms with Crippen molar-refractivity contribution in [3.05, 3.63) is 4.88 Å². The highest BCUT2D eigenvalue weighted by molar-refractivity contribution is 7.18. The second-order valence-electron chi connectivity index (χ2n) is 4.20. The van der Waals surface area contributed by atoms with Crippen LogP contribution in [0.15, 0.2) is 0 Å². The van der Waals surface area contributed by atoms with Gasteiger partial charge in [-0.1, -0.05) is 11.3 Å². The van der Waals surface area contributed by atoms with E-state index in [1.165, 1.54) is 11.3 Å². The largest absolute Gasteiger partial charge is 0.383 e. The van der Waals surface area contributed by atoms with Gasteiger partial charge in [0.1, 0.15) is 10.7 Å². The molecule has 0 unspecified atom stereocenters. The molecule has 0 atom stereocenters. The van der Waals surface area contributed by atoms with Gasteiger partial charge in [0.15, 0.2) is 5.13 Å². The Morgan fingerprint density at radius 1 is 1.58 bits per heavy atom. The van der Waals surface area contributed by atoms with Crippen LogP contribution in [0.25, 0.3) is 0 Å². The fourth-order valence-corrected chi connectivity index (χ4v) is 2.77. The van der Waals surface area contributed by atoms with Gasteiger partial charge in [-0.3, -0.25) is 4.79 Å². The second kappa shape index (κ2) is 6.69. The van der Waals surface area contributed by atoms with Crippen molar-refractivity contribution in [3.8, 4) is 0 Å². The maximum Gasteiger partial charge on any atom is 0.265 e. The molecule has 2 heterocycles. The molecule has 0 aromatic carbocycles. The third-order valence-electron chi connectivity index (χ3n) is 2.83. The van der Waals surface area contributed by atoms with Gasteiger partial charge in [-0.05, 0) is 0 Å². The van der Waals surface area contributed by atoms with Crippen molar-refractivity contribution < 1.29 is 9.53 Å². The van der Waals surface area contributed by atoms with Crippen LogP contribution in [0.4, 0.5) is 10.9 Å². The number of nitrogen functional groups attached to an aromatic ring is 1. The Hall–Kier alpha value is -1.38. The van der Waals surface area contributed by atoms with Gasteiger partial charge in [-0.15, -0.1) is 0 Å². The van der Waals surface area contributed by atoms with Crippen LogP contribution in [0.3, 0.4) is 0 Å². The van der Waals surface area contributed by atoms with E-state index in [1.54, 1.807) is 7.11 Å². The SMILES string of the molecule is COCCNC(=O)c1sc(N2CCNCC2)nc1N. The smallest absolute Gasteiger partial charge is 0.265 e. The summed E-state index contributed by atoms with van der Waals surface area (Å²) in [5, 5.41) is 6.84. The zero-order valence-electron chi connectivity index (χ0n) is 10.9. The number of nitrogens with one attached hydrogen (secondary N) is 2. The Balaban J connectivity index is 2.01. The third kappa shape index (κ3) is 3.55. The lowest BCUT2D eigenvalue weighted by Crippen LogP contribution is -2.43. The van der Waals surface area contributed by atoms with Crippen LogP contribution in [0.5, 0.6) is 0 Å². The molecule has 7 nitrogen and oxygen atoms in total. The first-order valence-electron chi connectivity index (χ1n) is 6.21. The summed E-state index contributed by atoms with van der Waals surface area (Å²) in [6.45, 7) is 4.57. The van der Waals surface area contributed by atoms with Crippen molar-refractivity contribution in [3.63, 3.8) is 0 Å². The van der Waals surface area contributed by atoms with Gasteiger partial charge < -0.3 is 26.0 Å². The van der Waals surface area contributed by atoms with E-state index >= 15 is 0 Å². The van der Waals surface area contributed by atoms with Crippen LogP contribution in [-0.4, -0.2) is 57.3 Å². The lowest BCUT2D eigenvalue weighted by atomic mass is 10.4.